The molecule has 3 heterocycles. The van der Waals surface area contributed by atoms with Gasteiger partial charge in [0.2, 0.25) is 0 Å². The van der Waals surface area contributed by atoms with Gasteiger partial charge in [-0.15, -0.1) is 0 Å². The number of primary amides is 1. The number of nitrogens with two attached hydrogens (primary N) is 1. The van der Waals surface area contributed by atoms with Crippen LogP contribution in [0.25, 0.3) is 5.69 Å². The molecular formula is C20H22N6O3. The second-order valence-corrected chi connectivity index (χ2v) is 7.00. The molecule has 0 radical (unpaired) electrons. The van der Waals surface area contributed by atoms with E-state index in [4.69, 9.17) is 10.2 Å². The van der Waals surface area contributed by atoms with Crippen molar-refractivity contribution in [2.24, 2.45) is 5.73 Å². The van der Waals surface area contributed by atoms with Gasteiger partial charge in [-0.3, -0.25) is 4.79 Å². The van der Waals surface area contributed by atoms with Gasteiger partial charge in [0.25, 0.3) is 5.91 Å². The van der Waals surface area contributed by atoms with Crippen molar-refractivity contribution in [3.05, 3.63) is 66.1 Å². The Labute approximate surface area is 167 Å². The van der Waals surface area contributed by atoms with Crippen molar-refractivity contribution in [3.8, 4) is 5.69 Å². The molecule has 3 amide bonds. The lowest BCUT2D eigenvalue weighted by atomic mass is 9.92. The molecule has 2 aromatic heterocycles. The van der Waals surface area contributed by atoms with Crippen molar-refractivity contribution in [3.63, 3.8) is 0 Å². The zero-order valence-electron chi connectivity index (χ0n) is 15.8. The quantitative estimate of drug-likeness (QED) is 0.686. The van der Waals surface area contributed by atoms with E-state index < -0.39 is 5.91 Å². The smallest absolute Gasteiger partial charge is 0.317 e. The number of hydrogen-bond acceptors (Lipinski definition) is 5. The highest BCUT2D eigenvalue weighted by atomic mass is 16.3. The van der Waals surface area contributed by atoms with Gasteiger partial charge in [-0.05, 0) is 25.0 Å². The minimum atomic E-state index is -0.519. The maximum atomic E-state index is 12.6. The number of aromatic nitrogens is 3. The number of carbonyl (C=O) groups excluding carboxylic acids is 2. The first-order chi connectivity index (χ1) is 14.1. The SMILES string of the molecule is NC(=O)c1cn(-c2ccccc2)nc1C1CCCN(C(=O)NCc2cocn2)C1. The summed E-state index contributed by atoms with van der Waals surface area (Å²) in [7, 11) is 0. The lowest BCUT2D eigenvalue weighted by Crippen LogP contribution is -2.45. The van der Waals surface area contributed by atoms with Crippen LogP contribution in [0, 0.1) is 0 Å². The minimum Gasteiger partial charge on any atom is -0.451 e. The van der Waals surface area contributed by atoms with Gasteiger partial charge in [0.05, 0.1) is 29.2 Å². The first-order valence-corrected chi connectivity index (χ1v) is 9.46. The van der Waals surface area contributed by atoms with Crippen molar-refractivity contribution in [2.75, 3.05) is 13.1 Å². The number of nitrogens with one attached hydrogen (secondary N) is 1. The molecule has 1 aliphatic rings. The number of piperidine rings is 1. The Balaban J connectivity index is 1.50. The lowest BCUT2D eigenvalue weighted by Gasteiger charge is -2.32. The molecule has 29 heavy (non-hydrogen) atoms. The Hall–Kier alpha value is -3.62. The summed E-state index contributed by atoms with van der Waals surface area (Å²) >= 11 is 0. The Morgan fingerprint density at radius 2 is 2.10 bits per heavy atom. The van der Waals surface area contributed by atoms with E-state index in [1.54, 1.807) is 15.8 Å². The van der Waals surface area contributed by atoms with Crippen LogP contribution in [0.2, 0.25) is 0 Å². The molecule has 0 aliphatic carbocycles. The zero-order chi connectivity index (χ0) is 20.2. The number of rotatable bonds is 5. The van der Waals surface area contributed by atoms with Crippen LogP contribution in [0.15, 0.2) is 53.6 Å². The average molecular weight is 394 g/mol. The van der Waals surface area contributed by atoms with Crippen LogP contribution in [0.5, 0.6) is 0 Å². The first kappa shape index (κ1) is 18.7. The van der Waals surface area contributed by atoms with E-state index in [0.717, 1.165) is 18.5 Å². The van der Waals surface area contributed by atoms with E-state index in [2.05, 4.69) is 15.4 Å². The van der Waals surface area contributed by atoms with Gasteiger partial charge in [-0.2, -0.15) is 5.10 Å². The highest BCUT2D eigenvalue weighted by Crippen LogP contribution is 2.29. The third kappa shape index (κ3) is 4.13. The first-order valence-electron chi connectivity index (χ1n) is 9.46. The molecule has 3 N–H and O–H groups in total. The third-order valence-electron chi connectivity index (χ3n) is 5.03. The summed E-state index contributed by atoms with van der Waals surface area (Å²) in [5.74, 6) is -0.580. The molecule has 0 saturated carbocycles. The molecule has 1 saturated heterocycles. The number of para-hydroxylation sites is 1. The maximum Gasteiger partial charge on any atom is 0.317 e. The van der Waals surface area contributed by atoms with Crippen LogP contribution < -0.4 is 11.1 Å². The molecule has 0 bridgehead atoms. The van der Waals surface area contributed by atoms with E-state index in [9.17, 15) is 9.59 Å². The molecule has 3 aromatic rings. The number of carbonyl (C=O) groups is 2. The summed E-state index contributed by atoms with van der Waals surface area (Å²) in [5.41, 5.74) is 8.14. The van der Waals surface area contributed by atoms with E-state index in [0.29, 0.717) is 36.6 Å². The Morgan fingerprint density at radius 1 is 1.28 bits per heavy atom. The topological polar surface area (TPSA) is 119 Å². The summed E-state index contributed by atoms with van der Waals surface area (Å²) in [6.07, 6.45) is 6.13. The van der Waals surface area contributed by atoms with Gasteiger partial charge >= 0.3 is 6.03 Å². The monoisotopic (exact) mass is 394 g/mol. The fourth-order valence-corrected chi connectivity index (χ4v) is 3.58. The summed E-state index contributed by atoms with van der Waals surface area (Å²) in [5, 5.41) is 7.48. The molecule has 9 heteroatoms. The maximum absolute atomic E-state index is 12.6. The summed E-state index contributed by atoms with van der Waals surface area (Å²) in [4.78, 5) is 30.3. The van der Waals surface area contributed by atoms with E-state index in [1.807, 2.05) is 30.3 Å². The van der Waals surface area contributed by atoms with Crippen molar-refractivity contribution in [1.29, 1.82) is 0 Å². The normalized spacial score (nSPS) is 16.6. The van der Waals surface area contributed by atoms with Crippen LogP contribution in [0.3, 0.4) is 0 Å². The second kappa shape index (κ2) is 8.17. The molecule has 1 unspecified atom stereocenters. The summed E-state index contributed by atoms with van der Waals surface area (Å²) in [6.45, 7) is 1.41. The number of nitrogens with zero attached hydrogens (tertiary/aromatic N) is 4. The molecule has 1 aliphatic heterocycles. The largest absolute Gasteiger partial charge is 0.451 e. The van der Waals surface area contributed by atoms with E-state index >= 15 is 0 Å². The molecule has 0 spiro atoms. The van der Waals surface area contributed by atoms with Crippen LogP contribution in [-0.2, 0) is 6.54 Å². The highest BCUT2D eigenvalue weighted by Gasteiger charge is 2.29. The van der Waals surface area contributed by atoms with Crippen molar-refractivity contribution >= 4 is 11.9 Å². The predicted octanol–water partition coefficient (Wildman–Crippen LogP) is 2.05. The summed E-state index contributed by atoms with van der Waals surface area (Å²) < 4.78 is 6.58. The fourth-order valence-electron chi connectivity index (χ4n) is 3.58. The lowest BCUT2D eigenvalue weighted by molar-refractivity contribution is 0.0998. The molecule has 1 aromatic carbocycles. The standard InChI is InChI=1S/C20H22N6O3/c21-19(27)17-11-26(16-6-2-1-3-7-16)24-18(17)14-5-4-8-25(10-14)20(28)22-9-15-12-29-13-23-15/h1-3,6-7,11-14H,4-5,8-10H2,(H2,21,27)(H,22,28). The van der Waals surface area contributed by atoms with Crippen molar-refractivity contribution < 1.29 is 14.0 Å². The van der Waals surface area contributed by atoms with Crippen LogP contribution >= 0.6 is 0 Å². The van der Waals surface area contributed by atoms with Crippen LogP contribution in [-0.4, -0.2) is 44.7 Å². The molecule has 9 nitrogen and oxygen atoms in total. The zero-order valence-corrected chi connectivity index (χ0v) is 15.8. The van der Waals surface area contributed by atoms with Gasteiger partial charge in [-0.25, -0.2) is 14.5 Å². The minimum absolute atomic E-state index is 0.0611. The van der Waals surface area contributed by atoms with Gasteiger partial charge in [-0.1, -0.05) is 18.2 Å². The number of likely N-dealkylation sites (tertiary alicyclic amines) is 1. The molecule has 1 fully saturated rings. The van der Waals surface area contributed by atoms with Gasteiger partial charge < -0.3 is 20.4 Å². The average Bonchev–Trinajstić information content (AvgIpc) is 3.43. The van der Waals surface area contributed by atoms with Crippen LogP contribution in [0.1, 0.15) is 40.5 Å². The Bertz CT molecular complexity index is 983. The third-order valence-corrected chi connectivity index (χ3v) is 5.03. The number of oxazole rings is 1. The van der Waals surface area contributed by atoms with Crippen molar-refractivity contribution in [1.82, 2.24) is 25.0 Å². The van der Waals surface area contributed by atoms with Crippen molar-refractivity contribution in [2.45, 2.75) is 25.3 Å². The molecule has 150 valence electrons. The highest BCUT2D eigenvalue weighted by molar-refractivity contribution is 5.94. The number of urea groups is 1. The number of hydrogen-bond donors (Lipinski definition) is 2. The van der Waals surface area contributed by atoms with Gasteiger partial charge in [0, 0.05) is 25.2 Å². The number of amides is 3. The molecular weight excluding hydrogens is 372 g/mol. The fraction of sp³-hybridized carbons (Fsp3) is 0.300. The van der Waals surface area contributed by atoms with Crippen LogP contribution in [0.4, 0.5) is 4.79 Å². The molecule has 4 rings (SSSR count). The predicted molar refractivity (Wildman–Crippen MR) is 104 cm³/mol. The Morgan fingerprint density at radius 3 is 2.83 bits per heavy atom. The second-order valence-electron chi connectivity index (χ2n) is 7.00. The Kier molecular flexibility index (Phi) is 5.28. The van der Waals surface area contributed by atoms with E-state index in [1.165, 1.54) is 12.7 Å². The molecule has 1 atom stereocenters. The van der Waals surface area contributed by atoms with Gasteiger partial charge in [0.1, 0.15) is 6.26 Å². The number of benzene rings is 1. The summed E-state index contributed by atoms with van der Waals surface area (Å²) in [6, 6.07) is 9.36. The van der Waals surface area contributed by atoms with Gasteiger partial charge in [0.15, 0.2) is 6.39 Å². The van der Waals surface area contributed by atoms with E-state index in [-0.39, 0.29) is 11.9 Å².